The summed E-state index contributed by atoms with van der Waals surface area (Å²) in [4.78, 5) is 23.8. The Bertz CT molecular complexity index is 1880. The van der Waals surface area contributed by atoms with E-state index in [-0.39, 0.29) is 17.0 Å². The summed E-state index contributed by atoms with van der Waals surface area (Å²) in [6, 6.07) is 33.6. The van der Waals surface area contributed by atoms with E-state index in [4.69, 9.17) is 25.7 Å². The average Bonchev–Trinajstić information content (AvgIpc) is 3.33. The summed E-state index contributed by atoms with van der Waals surface area (Å²) in [5, 5.41) is 4.64. The maximum atomic E-state index is 13.5. The highest BCUT2D eigenvalue weighted by molar-refractivity contribution is 7.16. The van der Waals surface area contributed by atoms with Crippen molar-refractivity contribution in [2.24, 2.45) is 4.99 Å². The molecule has 0 spiro atoms. The number of nitrogens with one attached hydrogen (secondary N) is 1. The quantitative estimate of drug-likeness (QED) is 0.220. The zero-order valence-electron chi connectivity index (χ0n) is 21.3. The van der Waals surface area contributed by atoms with Gasteiger partial charge in [0.1, 0.15) is 22.6 Å². The van der Waals surface area contributed by atoms with Crippen molar-refractivity contribution in [3.05, 3.63) is 130 Å². The van der Waals surface area contributed by atoms with Crippen molar-refractivity contribution in [3.63, 3.8) is 0 Å². The molecule has 0 saturated heterocycles. The fourth-order valence-electron chi connectivity index (χ4n) is 4.15. The molecule has 1 amide bonds. The summed E-state index contributed by atoms with van der Waals surface area (Å²) in [6.07, 6.45) is 0. The minimum absolute atomic E-state index is 0.195. The van der Waals surface area contributed by atoms with Gasteiger partial charge < -0.3 is 9.15 Å². The minimum Gasteiger partial charge on any atom is -0.457 e. The molecule has 0 fully saturated rings. The Balaban J connectivity index is 1.29. The highest BCUT2D eigenvalue weighted by Gasteiger charge is 2.17. The number of carbonyl (C=O) groups excluding carboxylic acids is 1. The van der Waals surface area contributed by atoms with Gasteiger partial charge in [0.2, 0.25) is 5.55 Å². The fourth-order valence-corrected chi connectivity index (χ4v) is 5.17. The molecule has 0 aliphatic heterocycles. The Morgan fingerprint density at radius 2 is 1.60 bits per heavy atom. The summed E-state index contributed by atoms with van der Waals surface area (Å²) in [6.45, 7) is 1.97. The minimum atomic E-state index is -0.382. The molecule has 8 heteroatoms. The molecule has 6 aromatic rings. The number of fused-ring (bicyclic) bond motifs is 1. The topological polar surface area (TPSA) is 76.7 Å². The predicted octanol–water partition coefficient (Wildman–Crippen LogP) is 8.80. The van der Waals surface area contributed by atoms with Crippen molar-refractivity contribution in [3.8, 4) is 22.8 Å². The maximum absolute atomic E-state index is 13.5. The zero-order chi connectivity index (χ0) is 27.5. The molecule has 0 unspecified atom stereocenters. The van der Waals surface area contributed by atoms with Gasteiger partial charge in [-0.3, -0.25) is 10.1 Å². The number of amides is 1. The molecule has 0 radical (unpaired) electrons. The van der Waals surface area contributed by atoms with Crippen LogP contribution in [0.2, 0.25) is 5.02 Å². The lowest BCUT2D eigenvalue weighted by Crippen LogP contribution is -2.21. The van der Waals surface area contributed by atoms with Gasteiger partial charge in [0.15, 0.2) is 5.13 Å². The van der Waals surface area contributed by atoms with Crippen LogP contribution in [0.15, 0.2) is 119 Å². The van der Waals surface area contributed by atoms with E-state index < -0.39 is 0 Å². The molecule has 2 aromatic heterocycles. The predicted molar refractivity (Wildman–Crippen MR) is 160 cm³/mol. The third kappa shape index (κ3) is 5.66. The second kappa shape index (κ2) is 11.2. The molecule has 196 valence electrons. The van der Waals surface area contributed by atoms with Crippen molar-refractivity contribution in [2.75, 3.05) is 5.32 Å². The number of anilines is 1. The fraction of sp³-hybridized carbons (Fsp3) is 0.0312. The van der Waals surface area contributed by atoms with Gasteiger partial charge in [-0.05, 0) is 79.7 Å². The number of benzene rings is 4. The summed E-state index contributed by atoms with van der Waals surface area (Å²) in [5.41, 5.74) is 3.42. The molecular formula is C32H22ClN3O3S. The van der Waals surface area contributed by atoms with Crippen molar-refractivity contribution < 1.29 is 13.9 Å². The molecule has 6 nitrogen and oxygen atoms in total. The molecule has 0 saturated carbocycles. The number of hydrogen-bond donors (Lipinski definition) is 1. The number of carbonyl (C=O) groups is 1. The third-order valence-electron chi connectivity index (χ3n) is 6.06. The largest absolute Gasteiger partial charge is 0.457 e. The van der Waals surface area contributed by atoms with Gasteiger partial charge in [-0.2, -0.15) is 0 Å². The van der Waals surface area contributed by atoms with E-state index in [2.05, 4.69) is 10.3 Å². The van der Waals surface area contributed by atoms with Crippen molar-refractivity contribution in [2.45, 2.75) is 6.92 Å². The van der Waals surface area contributed by atoms with E-state index in [0.29, 0.717) is 26.8 Å². The van der Waals surface area contributed by atoms with E-state index in [9.17, 15) is 4.79 Å². The van der Waals surface area contributed by atoms with Crippen LogP contribution < -0.4 is 15.6 Å². The molecule has 0 atom stereocenters. The molecular weight excluding hydrogens is 542 g/mol. The molecule has 6 rings (SSSR count). The summed E-state index contributed by atoms with van der Waals surface area (Å²) >= 11 is 7.59. The van der Waals surface area contributed by atoms with Gasteiger partial charge in [-0.15, -0.1) is 11.3 Å². The molecule has 0 bridgehead atoms. The van der Waals surface area contributed by atoms with Crippen LogP contribution in [0.5, 0.6) is 11.5 Å². The first-order chi connectivity index (χ1) is 19.5. The van der Waals surface area contributed by atoms with Crippen molar-refractivity contribution in [1.82, 2.24) is 4.98 Å². The molecule has 40 heavy (non-hydrogen) atoms. The Morgan fingerprint density at radius 1 is 0.900 bits per heavy atom. The average molecular weight is 564 g/mol. The number of rotatable bonds is 6. The molecule has 0 aliphatic rings. The van der Waals surface area contributed by atoms with E-state index in [1.807, 2.05) is 91.9 Å². The Hall–Kier alpha value is -4.72. The van der Waals surface area contributed by atoms with E-state index in [1.54, 1.807) is 24.3 Å². The lowest BCUT2D eigenvalue weighted by Gasteiger charge is -2.06. The van der Waals surface area contributed by atoms with Crippen LogP contribution in [-0.2, 0) is 0 Å². The Kier molecular flexibility index (Phi) is 7.14. The van der Waals surface area contributed by atoms with Crippen LogP contribution in [0.4, 0.5) is 10.8 Å². The van der Waals surface area contributed by atoms with Crippen molar-refractivity contribution in [1.29, 1.82) is 0 Å². The lowest BCUT2D eigenvalue weighted by atomic mass is 10.1. The van der Waals surface area contributed by atoms with Crippen LogP contribution in [0.3, 0.4) is 0 Å². The number of halogens is 1. The van der Waals surface area contributed by atoms with Crippen LogP contribution in [0.25, 0.3) is 22.2 Å². The lowest BCUT2D eigenvalue weighted by molar-refractivity contribution is 0.102. The van der Waals surface area contributed by atoms with Crippen LogP contribution in [0.1, 0.15) is 15.2 Å². The summed E-state index contributed by atoms with van der Waals surface area (Å²) in [5.74, 6) is 1.12. The molecule has 0 aliphatic carbocycles. The van der Waals surface area contributed by atoms with E-state index in [1.165, 1.54) is 11.3 Å². The maximum Gasteiger partial charge on any atom is 0.262 e. The number of ether oxygens (including phenoxy) is 1. The number of para-hydroxylation sites is 2. The second-order valence-corrected chi connectivity index (χ2v) is 10.6. The van der Waals surface area contributed by atoms with Crippen LogP contribution in [0, 0.1) is 6.92 Å². The SMILES string of the molecule is Cc1sc(NC(=O)c2cc3cc(Cl)ccc3oc2=Nc2ccccc2)nc1-c1ccc(Oc2ccccc2)cc1. The molecule has 2 heterocycles. The first-order valence-electron chi connectivity index (χ1n) is 12.5. The molecule has 1 N–H and O–H groups in total. The highest BCUT2D eigenvalue weighted by Crippen LogP contribution is 2.32. The highest BCUT2D eigenvalue weighted by atomic mass is 35.5. The molecule has 4 aromatic carbocycles. The smallest absolute Gasteiger partial charge is 0.262 e. The number of thiazole rings is 1. The number of hydrogen-bond acceptors (Lipinski definition) is 6. The number of nitrogens with zero attached hydrogens (tertiary/aromatic N) is 2. The van der Waals surface area contributed by atoms with Gasteiger partial charge in [-0.25, -0.2) is 9.98 Å². The Labute approximate surface area is 239 Å². The second-order valence-electron chi connectivity index (χ2n) is 8.91. The van der Waals surface area contributed by atoms with Gasteiger partial charge >= 0.3 is 0 Å². The van der Waals surface area contributed by atoms with Crippen LogP contribution in [-0.4, -0.2) is 10.9 Å². The third-order valence-corrected chi connectivity index (χ3v) is 7.19. The van der Waals surface area contributed by atoms with Gasteiger partial charge in [0.25, 0.3) is 5.91 Å². The first-order valence-corrected chi connectivity index (χ1v) is 13.7. The van der Waals surface area contributed by atoms with Crippen LogP contribution >= 0.6 is 22.9 Å². The van der Waals surface area contributed by atoms with E-state index in [0.717, 1.165) is 27.6 Å². The number of aryl methyl sites for hydroxylation is 1. The zero-order valence-corrected chi connectivity index (χ0v) is 22.9. The number of aromatic nitrogens is 1. The van der Waals surface area contributed by atoms with Gasteiger partial charge in [0, 0.05) is 20.8 Å². The standard InChI is InChI=1S/C32H22ClN3O3S/c1-20-29(21-12-15-26(16-13-21)38-25-10-6-3-7-11-25)35-32(40-20)36-30(37)27-19-22-18-23(33)14-17-28(22)39-31(27)34-24-8-4-2-5-9-24/h2-19H,1H3,(H,35,36,37). The summed E-state index contributed by atoms with van der Waals surface area (Å²) < 4.78 is 11.9. The van der Waals surface area contributed by atoms with Gasteiger partial charge in [-0.1, -0.05) is 48.0 Å². The normalized spacial score (nSPS) is 11.5. The van der Waals surface area contributed by atoms with E-state index >= 15 is 0 Å². The Morgan fingerprint density at radius 3 is 2.35 bits per heavy atom. The first kappa shape index (κ1) is 25.6. The van der Waals surface area contributed by atoms with Crippen molar-refractivity contribution >= 4 is 50.6 Å². The monoisotopic (exact) mass is 563 g/mol. The summed E-state index contributed by atoms with van der Waals surface area (Å²) in [7, 11) is 0. The van der Waals surface area contributed by atoms with Gasteiger partial charge in [0.05, 0.1) is 11.4 Å².